The fourth-order valence-electron chi connectivity index (χ4n) is 2.23. The Hall–Kier alpha value is -0.560. The lowest BCUT2D eigenvalue weighted by Crippen LogP contribution is -3.00. The van der Waals surface area contributed by atoms with Gasteiger partial charge in [0.1, 0.15) is 6.54 Å². The van der Waals surface area contributed by atoms with Gasteiger partial charge in [-0.3, -0.25) is 0 Å². The first-order valence-corrected chi connectivity index (χ1v) is 7.29. The van der Waals surface area contributed by atoms with E-state index in [-0.39, 0.29) is 12.4 Å². The summed E-state index contributed by atoms with van der Waals surface area (Å²) in [4.78, 5) is 0. The molecule has 0 aliphatic rings. The standard InChI is InChI=1S/C16H28N.ClH/c1-3-4-5-6-7-8-9-11-14-17-15-12-10-13-16(17)2;/h10,12-13,15H,3-9,11,14H2,1-2H3;1H/q+1;/p-1. The highest BCUT2D eigenvalue weighted by atomic mass is 35.5. The maximum atomic E-state index is 2.36. The maximum Gasteiger partial charge on any atom is 0.178 e. The van der Waals surface area contributed by atoms with Gasteiger partial charge in [0, 0.05) is 25.5 Å². The molecule has 0 bridgehead atoms. The molecule has 1 nitrogen and oxygen atoms in total. The molecule has 1 heterocycles. The lowest BCUT2D eigenvalue weighted by molar-refractivity contribution is -0.703. The third-order valence-electron chi connectivity index (χ3n) is 3.42. The van der Waals surface area contributed by atoms with Crippen LogP contribution in [0.2, 0.25) is 0 Å². The quantitative estimate of drug-likeness (QED) is 0.472. The van der Waals surface area contributed by atoms with E-state index in [0.29, 0.717) is 0 Å². The molecule has 0 fully saturated rings. The number of hydrogen-bond acceptors (Lipinski definition) is 0. The van der Waals surface area contributed by atoms with Gasteiger partial charge in [-0.15, -0.1) is 0 Å². The second-order valence-corrected chi connectivity index (χ2v) is 5.01. The molecule has 18 heavy (non-hydrogen) atoms. The van der Waals surface area contributed by atoms with Crippen molar-refractivity contribution in [3.05, 3.63) is 30.1 Å². The lowest BCUT2D eigenvalue weighted by atomic mass is 10.1. The SMILES string of the molecule is CCCCCCCCCC[n+]1ccccc1C.[Cl-]. The van der Waals surface area contributed by atoms with E-state index in [0.717, 1.165) is 0 Å². The fraction of sp³-hybridized carbons (Fsp3) is 0.688. The van der Waals surface area contributed by atoms with Crippen molar-refractivity contribution in [3.8, 4) is 0 Å². The van der Waals surface area contributed by atoms with Crippen molar-refractivity contribution in [1.82, 2.24) is 0 Å². The van der Waals surface area contributed by atoms with Crippen molar-refractivity contribution in [2.75, 3.05) is 0 Å². The molecule has 0 aromatic carbocycles. The topological polar surface area (TPSA) is 3.88 Å². The van der Waals surface area contributed by atoms with Crippen molar-refractivity contribution < 1.29 is 17.0 Å². The Morgan fingerprint density at radius 2 is 1.50 bits per heavy atom. The highest BCUT2D eigenvalue weighted by Gasteiger charge is 2.02. The van der Waals surface area contributed by atoms with Crippen LogP contribution in [0.1, 0.15) is 64.0 Å². The van der Waals surface area contributed by atoms with Gasteiger partial charge in [-0.1, -0.05) is 51.5 Å². The van der Waals surface area contributed by atoms with E-state index in [9.17, 15) is 0 Å². The smallest absolute Gasteiger partial charge is 0.178 e. The van der Waals surface area contributed by atoms with E-state index in [4.69, 9.17) is 0 Å². The highest BCUT2D eigenvalue weighted by molar-refractivity contribution is 4.93. The van der Waals surface area contributed by atoms with Crippen LogP contribution in [0.15, 0.2) is 24.4 Å². The van der Waals surface area contributed by atoms with Crippen LogP contribution in [-0.2, 0) is 6.54 Å². The Bertz CT molecular complexity index is 299. The Morgan fingerprint density at radius 3 is 2.11 bits per heavy atom. The highest BCUT2D eigenvalue weighted by Crippen LogP contribution is 2.08. The molecule has 1 aromatic rings. The van der Waals surface area contributed by atoms with Gasteiger partial charge in [0.05, 0.1) is 0 Å². The molecule has 0 amide bonds. The second kappa shape index (κ2) is 11.5. The average molecular weight is 270 g/mol. The Kier molecular flexibility index (Phi) is 11.2. The fourth-order valence-corrected chi connectivity index (χ4v) is 2.23. The second-order valence-electron chi connectivity index (χ2n) is 5.01. The molecule has 0 saturated heterocycles. The van der Waals surface area contributed by atoms with E-state index in [1.54, 1.807) is 0 Å². The van der Waals surface area contributed by atoms with Crippen molar-refractivity contribution in [2.45, 2.75) is 71.8 Å². The predicted octanol–water partition coefficient (Wildman–Crippen LogP) is 1.43. The summed E-state index contributed by atoms with van der Waals surface area (Å²) in [7, 11) is 0. The first kappa shape index (κ1) is 17.4. The number of rotatable bonds is 9. The Balaban J connectivity index is 0.00000289. The Morgan fingerprint density at radius 1 is 0.889 bits per heavy atom. The zero-order valence-corrected chi connectivity index (χ0v) is 12.8. The average Bonchev–Trinajstić information content (AvgIpc) is 2.35. The summed E-state index contributed by atoms with van der Waals surface area (Å²) in [5, 5.41) is 0. The van der Waals surface area contributed by atoms with E-state index in [1.165, 1.54) is 63.6 Å². The van der Waals surface area contributed by atoms with Gasteiger partial charge in [0.2, 0.25) is 0 Å². The number of unbranched alkanes of at least 4 members (excludes halogenated alkanes) is 7. The van der Waals surface area contributed by atoms with Crippen LogP contribution in [0, 0.1) is 6.92 Å². The number of pyridine rings is 1. The van der Waals surface area contributed by atoms with Crippen LogP contribution >= 0.6 is 0 Å². The summed E-state index contributed by atoms with van der Waals surface area (Å²) in [6.45, 7) is 5.64. The number of hydrogen-bond donors (Lipinski definition) is 0. The molecule has 1 aromatic heterocycles. The minimum absolute atomic E-state index is 0. The lowest BCUT2D eigenvalue weighted by Gasteiger charge is -2.01. The molecule has 2 heteroatoms. The zero-order chi connectivity index (χ0) is 12.3. The van der Waals surface area contributed by atoms with Gasteiger partial charge in [-0.2, -0.15) is 0 Å². The molecule has 0 atom stereocenters. The first-order chi connectivity index (χ1) is 8.34. The summed E-state index contributed by atoms with van der Waals surface area (Å²) in [6, 6.07) is 6.42. The van der Waals surface area contributed by atoms with E-state index >= 15 is 0 Å². The van der Waals surface area contributed by atoms with Crippen molar-refractivity contribution >= 4 is 0 Å². The van der Waals surface area contributed by atoms with Gasteiger partial charge < -0.3 is 12.4 Å². The molecule has 0 radical (unpaired) electrons. The molecule has 0 aliphatic carbocycles. The Labute approximate surface area is 119 Å². The van der Waals surface area contributed by atoms with E-state index in [2.05, 4.69) is 42.8 Å². The molecule has 0 N–H and O–H groups in total. The van der Waals surface area contributed by atoms with Crippen molar-refractivity contribution in [3.63, 3.8) is 0 Å². The van der Waals surface area contributed by atoms with Crippen LogP contribution in [0.4, 0.5) is 0 Å². The minimum atomic E-state index is 0. The molecule has 0 unspecified atom stereocenters. The van der Waals surface area contributed by atoms with Gasteiger partial charge in [-0.05, 0) is 6.42 Å². The van der Waals surface area contributed by atoms with E-state index in [1.807, 2.05) is 0 Å². The van der Waals surface area contributed by atoms with Crippen molar-refractivity contribution in [1.29, 1.82) is 0 Å². The summed E-state index contributed by atoms with van der Waals surface area (Å²) >= 11 is 0. The number of halogens is 1. The van der Waals surface area contributed by atoms with Crippen LogP contribution in [0.25, 0.3) is 0 Å². The minimum Gasteiger partial charge on any atom is -1.00 e. The normalized spacial score (nSPS) is 10.1. The summed E-state index contributed by atoms with van der Waals surface area (Å²) in [5.74, 6) is 0. The molecule has 104 valence electrons. The molecule has 1 rings (SSSR count). The third kappa shape index (κ3) is 7.71. The number of aryl methyl sites for hydroxylation is 2. The molecular weight excluding hydrogens is 242 g/mol. The van der Waals surface area contributed by atoms with Crippen LogP contribution in [0.3, 0.4) is 0 Å². The molecule has 0 aliphatic heterocycles. The largest absolute Gasteiger partial charge is 1.00 e. The molecule has 0 saturated carbocycles. The van der Waals surface area contributed by atoms with Gasteiger partial charge >= 0.3 is 0 Å². The first-order valence-electron chi connectivity index (χ1n) is 7.29. The van der Waals surface area contributed by atoms with Crippen molar-refractivity contribution in [2.24, 2.45) is 0 Å². The third-order valence-corrected chi connectivity index (χ3v) is 3.42. The van der Waals surface area contributed by atoms with Gasteiger partial charge in [0.25, 0.3) is 0 Å². The molecule has 0 spiro atoms. The molecular formula is C16H28ClN. The van der Waals surface area contributed by atoms with Gasteiger partial charge in [-0.25, -0.2) is 4.57 Å². The monoisotopic (exact) mass is 269 g/mol. The number of nitrogens with zero attached hydrogens (tertiary/aromatic N) is 1. The van der Waals surface area contributed by atoms with Crippen LogP contribution in [-0.4, -0.2) is 0 Å². The summed E-state index contributed by atoms with van der Waals surface area (Å²) in [6.07, 6.45) is 13.4. The summed E-state index contributed by atoms with van der Waals surface area (Å²) < 4.78 is 2.36. The van der Waals surface area contributed by atoms with E-state index < -0.39 is 0 Å². The predicted molar refractivity (Wildman–Crippen MR) is 74.0 cm³/mol. The maximum absolute atomic E-state index is 2.36. The zero-order valence-electron chi connectivity index (χ0n) is 12.0. The number of aromatic nitrogens is 1. The van der Waals surface area contributed by atoms with Crippen LogP contribution < -0.4 is 17.0 Å². The van der Waals surface area contributed by atoms with Gasteiger partial charge in [0.15, 0.2) is 11.9 Å². The summed E-state index contributed by atoms with van der Waals surface area (Å²) in [5.41, 5.74) is 1.37. The van der Waals surface area contributed by atoms with Crippen LogP contribution in [0.5, 0.6) is 0 Å².